The first-order chi connectivity index (χ1) is 14.4. The van der Waals surface area contributed by atoms with Crippen molar-refractivity contribution in [1.82, 2.24) is 9.78 Å². The molecule has 0 spiro atoms. The van der Waals surface area contributed by atoms with Crippen LogP contribution >= 0.6 is 0 Å². The number of H-pyrrole nitrogens is 1. The fourth-order valence-electron chi connectivity index (χ4n) is 2.76. The van der Waals surface area contributed by atoms with E-state index in [0.717, 1.165) is 13.0 Å². The molecule has 1 heterocycles. The third kappa shape index (κ3) is 3.07. The molecular weight excluding hydrogens is 442 g/mol. The number of carbonyl (C=O) groups excluding carboxylic acids is 1. The third-order valence-corrected chi connectivity index (χ3v) is 4.22. The molecule has 1 N–H and O–H groups in total. The zero-order valence-electron chi connectivity index (χ0n) is 14.8. The lowest BCUT2D eigenvalue weighted by atomic mass is 10.0. The first-order valence-electron chi connectivity index (χ1n) is 7.89. The summed E-state index contributed by atoms with van der Waals surface area (Å²) in [5.41, 5.74) is -8.09. The second-order valence-corrected chi connectivity index (χ2v) is 6.02. The number of nitriles is 1. The number of carbonyl (C=O) groups is 1. The summed E-state index contributed by atoms with van der Waals surface area (Å²) in [6.07, 6.45) is 0. The van der Waals surface area contributed by atoms with Crippen LogP contribution in [0.5, 0.6) is 0 Å². The van der Waals surface area contributed by atoms with Crippen molar-refractivity contribution in [3.63, 3.8) is 0 Å². The minimum atomic E-state index is -2.36. The van der Waals surface area contributed by atoms with Gasteiger partial charge in [-0.1, -0.05) is 0 Å². The van der Waals surface area contributed by atoms with Crippen molar-refractivity contribution in [3.8, 4) is 11.8 Å². The Morgan fingerprint density at radius 2 is 1.45 bits per heavy atom. The van der Waals surface area contributed by atoms with Crippen molar-refractivity contribution in [3.05, 3.63) is 85.3 Å². The van der Waals surface area contributed by atoms with Crippen LogP contribution in [0, 0.1) is 64.8 Å². The van der Waals surface area contributed by atoms with E-state index in [9.17, 15) is 44.7 Å². The van der Waals surface area contributed by atoms with Crippen LogP contribution in [0.1, 0.15) is 27.2 Å². The maximum atomic E-state index is 14.2. The molecule has 13 heteroatoms. The maximum Gasteiger partial charge on any atom is 0.282 e. The highest BCUT2D eigenvalue weighted by atomic mass is 19.2. The maximum absolute atomic E-state index is 14.2. The smallest absolute Gasteiger partial charge is 0.282 e. The molecule has 0 fully saturated rings. The predicted molar refractivity (Wildman–Crippen MR) is 85.4 cm³/mol. The van der Waals surface area contributed by atoms with Crippen molar-refractivity contribution >= 4 is 5.78 Å². The van der Waals surface area contributed by atoms with E-state index in [-0.39, 0.29) is 10.7 Å². The van der Waals surface area contributed by atoms with Crippen molar-refractivity contribution < 1.29 is 39.9 Å². The summed E-state index contributed by atoms with van der Waals surface area (Å²) >= 11 is 0. The molecular formula is C18H5F8N3O2. The summed E-state index contributed by atoms with van der Waals surface area (Å²) in [4.78, 5) is 25.0. The zero-order chi connectivity index (χ0) is 23.4. The monoisotopic (exact) mass is 447 g/mol. The van der Waals surface area contributed by atoms with Crippen LogP contribution in [-0.2, 0) is 0 Å². The van der Waals surface area contributed by atoms with Crippen LogP contribution in [0.2, 0.25) is 0 Å². The fourth-order valence-corrected chi connectivity index (χ4v) is 2.76. The molecule has 3 rings (SSSR count). The van der Waals surface area contributed by atoms with Crippen LogP contribution in [-0.4, -0.2) is 15.6 Å². The first kappa shape index (κ1) is 21.8. The van der Waals surface area contributed by atoms with E-state index in [2.05, 4.69) is 0 Å². The summed E-state index contributed by atoms with van der Waals surface area (Å²) in [6.45, 7) is 0.936. The Hall–Kier alpha value is -3.95. The summed E-state index contributed by atoms with van der Waals surface area (Å²) in [5, 5.41) is 10.5. The molecule has 5 nitrogen and oxygen atoms in total. The van der Waals surface area contributed by atoms with Gasteiger partial charge in [0.1, 0.15) is 22.9 Å². The van der Waals surface area contributed by atoms with Crippen LogP contribution < -0.4 is 5.56 Å². The Balaban J connectivity index is 2.29. The summed E-state index contributed by atoms with van der Waals surface area (Å²) in [7, 11) is 0. The van der Waals surface area contributed by atoms with Crippen molar-refractivity contribution in [2.45, 2.75) is 6.92 Å². The number of aryl methyl sites for hydroxylation is 1. The number of aromatic amines is 1. The van der Waals surface area contributed by atoms with Gasteiger partial charge >= 0.3 is 0 Å². The average Bonchev–Trinajstić information content (AvgIpc) is 3.01. The van der Waals surface area contributed by atoms with Gasteiger partial charge in [0, 0.05) is 5.69 Å². The normalized spacial score (nSPS) is 11.0. The standard InChI is InChI=1S/C18H5F8N3O2/c1-4-8(17(30)5-2-7(19)12(23)13(24)9(5)20)18(31)29(28-4)16-14(25)10(21)6(3-27)11(22)15(16)26/h2,28H,1H3. The number of hydrogen-bond acceptors (Lipinski definition) is 3. The molecule has 0 unspecified atom stereocenters. The van der Waals surface area contributed by atoms with Crippen LogP contribution in [0.15, 0.2) is 10.9 Å². The number of hydrogen-bond donors (Lipinski definition) is 1. The molecule has 0 saturated heterocycles. The Bertz CT molecular complexity index is 1360. The van der Waals surface area contributed by atoms with E-state index in [1.165, 1.54) is 0 Å². The van der Waals surface area contributed by atoms with E-state index in [0.29, 0.717) is 0 Å². The van der Waals surface area contributed by atoms with E-state index in [1.807, 2.05) is 5.10 Å². The minimum Gasteiger partial charge on any atom is -0.294 e. The van der Waals surface area contributed by atoms with E-state index >= 15 is 0 Å². The molecule has 0 atom stereocenters. The number of halogens is 8. The van der Waals surface area contributed by atoms with Crippen molar-refractivity contribution in [2.24, 2.45) is 0 Å². The van der Waals surface area contributed by atoms with Gasteiger partial charge in [0.2, 0.25) is 5.78 Å². The topological polar surface area (TPSA) is 78.7 Å². The van der Waals surface area contributed by atoms with Crippen LogP contribution in [0.3, 0.4) is 0 Å². The lowest BCUT2D eigenvalue weighted by Gasteiger charge is -2.08. The van der Waals surface area contributed by atoms with Gasteiger partial charge in [-0.3, -0.25) is 14.7 Å². The number of nitrogens with one attached hydrogen (secondary N) is 1. The van der Waals surface area contributed by atoms with Gasteiger partial charge in [-0.2, -0.15) is 5.26 Å². The van der Waals surface area contributed by atoms with Gasteiger partial charge in [-0.05, 0) is 13.0 Å². The number of rotatable bonds is 3. The number of benzene rings is 2. The largest absolute Gasteiger partial charge is 0.294 e. The van der Waals surface area contributed by atoms with Crippen LogP contribution in [0.4, 0.5) is 35.1 Å². The first-order valence-corrected chi connectivity index (χ1v) is 7.89. The highest BCUT2D eigenvalue weighted by Gasteiger charge is 2.32. The molecule has 0 aliphatic carbocycles. The summed E-state index contributed by atoms with van der Waals surface area (Å²) < 4.78 is 110. The van der Waals surface area contributed by atoms with Gasteiger partial charge in [-0.25, -0.2) is 39.8 Å². The second kappa shape index (κ2) is 7.38. The lowest BCUT2D eigenvalue weighted by molar-refractivity contribution is 0.103. The molecule has 0 amide bonds. The van der Waals surface area contributed by atoms with Crippen LogP contribution in [0.25, 0.3) is 5.69 Å². The Morgan fingerprint density at radius 1 is 0.903 bits per heavy atom. The molecule has 0 saturated carbocycles. The van der Waals surface area contributed by atoms with Crippen molar-refractivity contribution in [2.75, 3.05) is 0 Å². The third-order valence-electron chi connectivity index (χ3n) is 4.22. The summed E-state index contributed by atoms with van der Waals surface area (Å²) in [5.74, 6) is -19.1. The molecule has 0 bridgehead atoms. The van der Waals surface area contributed by atoms with E-state index in [4.69, 9.17) is 5.26 Å². The molecule has 0 aliphatic rings. The van der Waals surface area contributed by atoms with Gasteiger partial charge in [0.05, 0.1) is 5.56 Å². The highest BCUT2D eigenvalue weighted by Crippen LogP contribution is 2.27. The minimum absolute atomic E-state index is 0.0471. The molecule has 1 aromatic heterocycles. The summed E-state index contributed by atoms with van der Waals surface area (Å²) in [6, 6.07) is 0.844. The predicted octanol–water partition coefficient (Wildman–Crippen LogP) is 3.69. The molecule has 2 aromatic carbocycles. The van der Waals surface area contributed by atoms with Gasteiger partial charge < -0.3 is 0 Å². The SMILES string of the molecule is Cc1[nH]n(-c2c(F)c(F)c(C#N)c(F)c2F)c(=O)c1C(=O)c1cc(F)c(F)c(F)c1F. The highest BCUT2D eigenvalue weighted by molar-refractivity contribution is 6.09. The van der Waals surface area contributed by atoms with E-state index in [1.54, 1.807) is 0 Å². The Morgan fingerprint density at radius 3 is 1.97 bits per heavy atom. The molecule has 3 aromatic rings. The second-order valence-electron chi connectivity index (χ2n) is 6.02. The number of ketones is 1. The Labute approximate surface area is 165 Å². The molecule has 0 radical (unpaired) electrons. The molecule has 0 aliphatic heterocycles. The fraction of sp³-hybridized carbons (Fsp3) is 0.0556. The average molecular weight is 447 g/mol. The number of nitrogens with zero attached hydrogens (tertiary/aromatic N) is 2. The van der Waals surface area contributed by atoms with Gasteiger partial charge in [0.25, 0.3) is 5.56 Å². The molecule has 31 heavy (non-hydrogen) atoms. The Kier molecular flexibility index (Phi) is 5.18. The number of aromatic nitrogens is 2. The molecule has 160 valence electrons. The van der Waals surface area contributed by atoms with Crippen molar-refractivity contribution in [1.29, 1.82) is 5.26 Å². The van der Waals surface area contributed by atoms with Gasteiger partial charge in [-0.15, -0.1) is 0 Å². The zero-order valence-corrected chi connectivity index (χ0v) is 14.8. The lowest BCUT2D eigenvalue weighted by Crippen LogP contribution is -2.24. The van der Waals surface area contributed by atoms with Gasteiger partial charge in [0.15, 0.2) is 46.5 Å². The van der Waals surface area contributed by atoms with E-state index < -0.39 is 86.0 Å². The quantitative estimate of drug-likeness (QED) is 0.288.